The number of carbonyl (C=O) groups is 1. The zero-order chi connectivity index (χ0) is 22.0. The van der Waals surface area contributed by atoms with E-state index in [0.717, 1.165) is 18.4 Å². The minimum absolute atomic E-state index is 0.0347. The largest absolute Gasteiger partial charge is 0.459 e. The Bertz CT molecular complexity index is 1040. The lowest BCUT2D eigenvalue weighted by molar-refractivity contribution is -0.155. The van der Waals surface area contributed by atoms with Crippen LogP contribution in [0.1, 0.15) is 37.6 Å². The van der Waals surface area contributed by atoms with E-state index in [9.17, 15) is 9.90 Å². The summed E-state index contributed by atoms with van der Waals surface area (Å²) in [7, 11) is 0. The number of hydrogen-bond acceptors (Lipinski definition) is 7. The van der Waals surface area contributed by atoms with Crippen LogP contribution in [0.4, 0.5) is 5.95 Å². The maximum Gasteiger partial charge on any atom is 0.328 e. The van der Waals surface area contributed by atoms with Crippen LogP contribution in [-0.2, 0) is 35.5 Å². The molecular weight excluding hydrogens is 394 g/mol. The number of benzene rings is 1. The molecule has 0 unspecified atom stereocenters. The third kappa shape index (κ3) is 5.08. The van der Waals surface area contributed by atoms with Crippen LogP contribution in [-0.4, -0.2) is 42.5 Å². The molecule has 2 heterocycles. The zero-order valence-corrected chi connectivity index (χ0v) is 18.0. The van der Waals surface area contributed by atoms with Crippen LogP contribution in [0.2, 0.25) is 0 Å². The van der Waals surface area contributed by atoms with Gasteiger partial charge in [0.15, 0.2) is 0 Å². The zero-order valence-electron chi connectivity index (χ0n) is 18.0. The van der Waals surface area contributed by atoms with Gasteiger partial charge in [0, 0.05) is 35.8 Å². The normalized spacial score (nSPS) is 13.8. The lowest BCUT2D eigenvalue weighted by Gasteiger charge is -2.19. The average Bonchev–Trinajstić information content (AvgIpc) is 3.30. The molecule has 0 saturated carbocycles. The molecule has 0 spiro atoms. The second-order valence-electron chi connectivity index (χ2n) is 8.75. The minimum Gasteiger partial charge on any atom is -0.459 e. The number of fused-ring (bicyclic) bond motifs is 1. The number of aliphatic hydroxyl groups is 1. The quantitative estimate of drug-likeness (QED) is 0.590. The molecule has 162 valence electrons. The Morgan fingerprint density at radius 1 is 1.19 bits per heavy atom. The van der Waals surface area contributed by atoms with Gasteiger partial charge in [0.25, 0.3) is 0 Å². The highest BCUT2D eigenvalue weighted by molar-refractivity contribution is 5.70. The van der Waals surface area contributed by atoms with Crippen molar-refractivity contribution in [2.45, 2.75) is 58.4 Å². The fraction of sp³-hybridized carbons (Fsp3) is 0.391. The number of ether oxygens (including phenoxy) is 1. The van der Waals surface area contributed by atoms with E-state index in [1.165, 1.54) is 15.8 Å². The number of aromatic nitrogens is 4. The van der Waals surface area contributed by atoms with Crippen LogP contribution in [0.15, 0.2) is 42.9 Å². The third-order valence-electron chi connectivity index (χ3n) is 5.05. The number of anilines is 1. The van der Waals surface area contributed by atoms with Gasteiger partial charge in [-0.3, -0.25) is 9.48 Å². The van der Waals surface area contributed by atoms with Crippen molar-refractivity contribution in [1.82, 2.24) is 19.7 Å². The van der Waals surface area contributed by atoms with E-state index in [2.05, 4.69) is 44.6 Å². The molecule has 1 aromatic carbocycles. The molecule has 0 fully saturated rings. The van der Waals surface area contributed by atoms with Crippen molar-refractivity contribution in [3.8, 4) is 11.1 Å². The topological polar surface area (TPSA) is 102 Å². The van der Waals surface area contributed by atoms with E-state index < -0.39 is 5.60 Å². The van der Waals surface area contributed by atoms with Gasteiger partial charge in [-0.2, -0.15) is 5.10 Å². The van der Waals surface area contributed by atoms with Gasteiger partial charge in [0.1, 0.15) is 12.1 Å². The molecule has 0 bridgehead atoms. The molecular formula is C23H27N5O3. The number of nitrogens with zero attached hydrogens (tertiary/aromatic N) is 4. The monoisotopic (exact) mass is 421 g/mol. The van der Waals surface area contributed by atoms with Crippen molar-refractivity contribution in [3.05, 3.63) is 59.7 Å². The Morgan fingerprint density at radius 2 is 1.84 bits per heavy atom. The molecule has 1 aliphatic rings. The Hall–Kier alpha value is -3.26. The number of aliphatic hydroxyl groups excluding tert-OH is 1. The average molecular weight is 422 g/mol. The smallest absolute Gasteiger partial charge is 0.328 e. The Balaban J connectivity index is 1.44. The van der Waals surface area contributed by atoms with Gasteiger partial charge in [-0.1, -0.05) is 24.3 Å². The first-order valence-corrected chi connectivity index (χ1v) is 10.4. The van der Waals surface area contributed by atoms with E-state index in [-0.39, 0.29) is 25.2 Å². The summed E-state index contributed by atoms with van der Waals surface area (Å²) in [5.41, 5.74) is 4.03. The Morgan fingerprint density at radius 3 is 2.42 bits per heavy atom. The minimum atomic E-state index is -0.565. The van der Waals surface area contributed by atoms with E-state index in [0.29, 0.717) is 17.2 Å². The van der Waals surface area contributed by atoms with Gasteiger partial charge in [0.2, 0.25) is 5.95 Å². The summed E-state index contributed by atoms with van der Waals surface area (Å²) in [4.78, 5) is 21.0. The van der Waals surface area contributed by atoms with Gasteiger partial charge >= 0.3 is 5.97 Å². The highest BCUT2D eigenvalue weighted by Gasteiger charge is 2.22. The highest BCUT2D eigenvalue weighted by atomic mass is 16.6. The lowest BCUT2D eigenvalue weighted by Crippen LogP contribution is -2.26. The van der Waals surface area contributed by atoms with E-state index in [1.807, 2.05) is 20.8 Å². The predicted molar refractivity (Wildman–Crippen MR) is 116 cm³/mol. The number of carbonyl (C=O) groups excluding carboxylic acids is 1. The maximum absolute atomic E-state index is 12.1. The number of hydrogen-bond donors (Lipinski definition) is 2. The Kier molecular flexibility index (Phi) is 5.73. The Labute approximate surface area is 181 Å². The summed E-state index contributed by atoms with van der Waals surface area (Å²) in [6.45, 7) is 5.16. The molecule has 0 amide bonds. The second kappa shape index (κ2) is 8.47. The van der Waals surface area contributed by atoms with Crippen molar-refractivity contribution in [1.29, 1.82) is 0 Å². The van der Waals surface area contributed by atoms with Crippen LogP contribution in [0.25, 0.3) is 11.1 Å². The van der Waals surface area contributed by atoms with Crippen LogP contribution in [0, 0.1) is 0 Å². The van der Waals surface area contributed by atoms with Crippen LogP contribution in [0.3, 0.4) is 0 Å². The summed E-state index contributed by atoms with van der Waals surface area (Å²) < 4.78 is 6.81. The van der Waals surface area contributed by atoms with Crippen LogP contribution < -0.4 is 5.32 Å². The molecule has 4 rings (SSSR count). The number of nitrogens with one attached hydrogen (secondary N) is 1. The first-order valence-electron chi connectivity index (χ1n) is 10.4. The van der Waals surface area contributed by atoms with Gasteiger partial charge in [-0.25, -0.2) is 9.97 Å². The van der Waals surface area contributed by atoms with Crippen LogP contribution >= 0.6 is 0 Å². The number of rotatable bonds is 6. The van der Waals surface area contributed by atoms with Crippen molar-refractivity contribution in [3.63, 3.8) is 0 Å². The SMILES string of the molecule is CC(C)(C)OC(=O)Cn1cc(-c2cnc(NC3Cc4ccccc4C3)nc2)c(CO)n1. The molecule has 2 aromatic heterocycles. The van der Waals surface area contributed by atoms with Crippen molar-refractivity contribution < 1.29 is 14.6 Å². The van der Waals surface area contributed by atoms with Crippen molar-refractivity contribution in [2.24, 2.45) is 0 Å². The third-order valence-corrected chi connectivity index (χ3v) is 5.05. The van der Waals surface area contributed by atoms with Gasteiger partial charge in [-0.05, 0) is 44.7 Å². The van der Waals surface area contributed by atoms with Crippen LogP contribution in [0.5, 0.6) is 0 Å². The summed E-state index contributed by atoms with van der Waals surface area (Å²) in [5, 5.41) is 17.4. The van der Waals surface area contributed by atoms with Crippen molar-refractivity contribution >= 4 is 11.9 Å². The highest BCUT2D eigenvalue weighted by Crippen LogP contribution is 2.25. The van der Waals surface area contributed by atoms with Crippen molar-refractivity contribution in [2.75, 3.05) is 5.32 Å². The molecule has 0 atom stereocenters. The fourth-order valence-electron chi connectivity index (χ4n) is 3.79. The van der Waals surface area contributed by atoms with E-state index in [4.69, 9.17) is 4.74 Å². The standard InChI is InChI=1S/C23H27N5O3/c1-23(2,3)31-21(30)13-28-12-19(20(14-29)27-28)17-10-24-22(25-11-17)26-18-8-15-6-4-5-7-16(15)9-18/h4-7,10-12,18,29H,8-9,13-14H2,1-3H3,(H,24,25,26). The van der Waals surface area contributed by atoms with E-state index >= 15 is 0 Å². The van der Waals surface area contributed by atoms with Gasteiger partial charge in [0.05, 0.1) is 12.3 Å². The second-order valence-corrected chi connectivity index (χ2v) is 8.75. The summed E-state index contributed by atoms with van der Waals surface area (Å²) >= 11 is 0. The summed E-state index contributed by atoms with van der Waals surface area (Å²) in [6, 6.07) is 8.72. The molecule has 1 aliphatic carbocycles. The molecule has 8 nitrogen and oxygen atoms in total. The molecule has 8 heteroatoms. The molecule has 0 radical (unpaired) electrons. The first-order chi connectivity index (χ1) is 14.8. The summed E-state index contributed by atoms with van der Waals surface area (Å²) in [5.74, 6) is 0.174. The molecule has 31 heavy (non-hydrogen) atoms. The molecule has 2 N–H and O–H groups in total. The lowest BCUT2D eigenvalue weighted by atomic mass is 10.1. The predicted octanol–water partition coefficient (Wildman–Crippen LogP) is 2.75. The molecule has 3 aromatic rings. The van der Waals surface area contributed by atoms with E-state index in [1.54, 1.807) is 18.6 Å². The first kappa shape index (κ1) is 21.0. The van der Waals surface area contributed by atoms with Gasteiger partial charge in [-0.15, -0.1) is 0 Å². The summed E-state index contributed by atoms with van der Waals surface area (Å²) in [6.07, 6.45) is 7.01. The fourth-order valence-corrected chi connectivity index (χ4v) is 3.79. The molecule has 0 saturated heterocycles. The maximum atomic E-state index is 12.1. The molecule has 0 aliphatic heterocycles. The number of esters is 1. The van der Waals surface area contributed by atoms with Gasteiger partial charge < -0.3 is 15.2 Å².